The van der Waals surface area contributed by atoms with E-state index in [2.05, 4.69) is 20.4 Å². The van der Waals surface area contributed by atoms with Gasteiger partial charge in [-0.05, 0) is 0 Å². The number of aromatic amines is 1. The summed E-state index contributed by atoms with van der Waals surface area (Å²) in [6, 6.07) is 1.47. The van der Waals surface area contributed by atoms with E-state index in [1.165, 1.54) is 10.6 Å². The number of fused-ring (bicyclic) bond motifs is 1. The fraction of sp³-hybridized carbons (Fsp3) is 0.500. The molecule has 7 heteroatoms. The highest BCUT2D eigenvalue weighted by Crippen LogP contribution is 2.18. The first-order valence-corrected chi connectivity index (χ1v) is 6.11. The average molecular weight is 263 g/mol. The van der Waals surface area contributed by atoms with Crippen LogP contribution in [0.1, 0.15) is 39.8 Å². The smallest absolute Gasteiger partial charge is 0.274 e. The second kappa shape index (κ2) is 4.49. The van der Waals surface area contributed by atoms with Gasteiger partial charge in [-0.1, -0.05) is 27.7 Å². The van der Waals surface area contributed by atoms with Crippen LogP contribution < -0.4 is 10.9 Å². The van der Waals surface area contributed by atoms with Crippen molar-refractivity contribution in [1.29, 1.82) is 0 Å². The van der Waals surface area contributed by atoms with Crippen LogP contribution in [0.5, 0.6) is 0 Å². The van der Waals surface area contributed by atoms with Gasteiger partial charge in [0.1, 0.15) is 0 Å². The Labute approximate surface area is 110 Å². The van der Waals surface area contributed by atoms with Crippen molar-refractivity contribution >= 4 is 17.6 Å². The van der Waals surface area contributed by atoms with Gasteiger partial charge in [-0.2, -0.15) is 9.50 Å². The summed E-state index contributed by atoms with van der Waals surface area (Å²) in [7, 11) is 0. The molecule has 2 aromatic heterocycles. The summed E-state index contributed by atoms with van der Waals surface area (Å²) in [5.74, 6) is 0.300. The van der Waals surface area contributed by atoms with Crippen LogP contribution in [-0.4, -0.2) is 25.5 Å². The molecule has 102 valence electrons. The number of hydrogen-bond donors (Lipinski definition) is 2. The van der Waals surface area contributed by atoms with Crippen LogP contribution in [0.4, 0.5) is 5.95 Å². The summed E-state index contributed by atoms with van der Waals surface area (Å²) in [5.41, 5.74) is 0.177. The lowest BCUT2D eigenvalue weighted by atomic mass is 9.92. The molecule has 2 aromatic rings. The highest BCUT2D eigenvalue weighted by molar-refractivity contribution is 5.88. The van der Waals surface area contributed by atoms with Gasteiger partial charge < -0.3 is 0 Å². The van der Waals surface area contributed by atoms with Gasteiger partial charge in [0.15, 0.2) is 0 Å². The van der Waals surface area contributed by atoms with Crippen molar-refractivity contribution in [3.8, 4) is 0 Å². The van der Waals surface area contributed by atoms with Gasteiger partial charge in [0.05, 0.1) is 5.69 Å². The molecule has 0 aliphatic carbocycles. The molecule has 0 aliphatic heterocycles. The van der Waals surface area contributed by atoms with E-state index in [4.69, 9.17) is 0 Å². The van der Waals surface area contributed by atoms with E-state index in [1.54, 1.807) is 6.92 Å². The Bertz CT molecular complexity index is 677. The van der Waals surface area contributed by atoms with Crippen molar-refractivity contribution in [2.24, 2.45) is 0 Å². The molecule has 19 heavy (non-hydrogen) atoms. The Hall–Kier alpha value is -2.18. The fourth-order valence-electron chi connectivity index (χ4n) is 1.54. The monoisotopic (exact) mass is 263 g/mol. The number of H-pyrrole nitrogens is 1. The zero-order valence-corrected chi connectivity index (χ0v) is 11.4. The molecular weight excluding hydrogens is 246 g/mol. The van der Waals surface area contributed by atoms with Gasteiger partial charge in [0.2, 0.25) is 11.9 Å². The van der Waals surface area contributed by atoms with E-state index in [9.17, 15) is 9.59 Å². The third-order valence-corrected chi connectivity index (χ3v) is 2.68. The van der Waals surface area contributed by atoms with E-state index in [1.807, 2.05) is 20.8 Å². The molecule has 1 amide bonds. The number of hydrogen-bond acceptors (Lipinski definition) is 4. The number of nitrogens with zero attached hydrogens (tertiary/aromatic N) is 3. The van der Waals surface area contributed by atoms with Crippen molar-refractivity contribution in [2.75, 3.05) is 5.32 Å². The number of anilines is 1. The third-order valence-electron chi connectivity index (χ3n) is 2.68. The SMILES string of the molecule is CCC(=O)Nc1nc2nc(C(C)(C)C)cc(=O)n2[nH]1. The standard InChI is InChI=1S/C12H17N5O2/c1-5-8(18)14-10-15-11-13-7(12(2,3)4)6-9(19)17(11)16-10/h6H,5H2,1-4H3,(H2,13,14,15,16,18). The molecule has 0 fully saturated rings. The molecule has 0 aromatic carbocycles. The maximum Gasteiger partial charge on any atom is 0.274 e. The highest BCUT2D eigenvalue weighted by Gasteiger charge is 2.18. The lowest BCUT2D eigenvalue weighted by molar-refractivity contribution is -0.115. The first-order valence-electron chi connectivity index (χ1n) is 6.11. The molecule has 7 nitrogen and oxygen atoms in total. The number of aromatic nitrogens is 4. The molecule has 2 rings (SSSR count). The first-order chi connectivity index (χ1) is 8.81. The molecule has 0 saturated carbocycles. The maximum absolute atomic E-state index is 12.0. The van der Waals surface area contributed by atoms with E-state index in [0.717, 1.165) is 0 Å². The van der Waals surface area contributed by atoms with E-state index >= 15 is 0 Å². The molecule has 2 heterocycles. The van der Waals surface area contributed by atoms with Crippen LogP contribution in [0.25, 0.3) is 5.78 Å². The van der Waals surface area contributed by atoms with Crippen LogP contribution in [0.2, 0.25) is 0 Å². The van der Waals surface area contributed by atoms with Gasteiger partial charge >= 0.3 is 0 Å². The number of nitrogens with one attached hydrogen (secondary N) is 2. The minimum absolute atomic E-state index is 0.178. The molecular formula is C12H17N5O2. The zero-order chi connectivity index (χ0) is 14.2. The predicted octanol–water partition coefficient (Wildman–Crippen LogP) is 1.06. The van der Waals surface area contributed by atoms with Gasteiger partial charge in [-0.15, -0.1) is 0 Å². The van der Waals surface area contributed by atoms with Crippen LogP contribution in [0, 0.1) is 0 Å². The fourth-order valence-corrected chi connectivity index (χ4v) is 1.54. The number of rotatable bonds is 2. The van der Waals surface area contributed by atoms with Crippen molar-refractivity contribution in [3.05, 3.63) is 22.1 Å². The summed E-state index contributed by atoms with van der Waals surface area (Å²) < 4.78 is 1.21. The predicted molar refractivity (Wildman–Crippen MR) is 71.2 cm³/mol. The van der Waals surface area contributed by atoms with E-state index in [-0.39, 0.29) is 28.6 Å². The number of carbonyl (C=O) groups is 1. The second-order valence-corrected chi connectivity index (χ2v) is 5.34. The van der Waals surface area contributed by atoms with Gasteiger partial charge in [0.25, 0.3) is 11.3 Å². The zero-order valence-electron chi connectivity index (χ0n) is 11.4. The largest absolute Gasteiger partial charge is 0.295 e. The van der Waals surface area contributed by atoms with E-state index in [0.29, 0.717) is 12.1 Å². The molecule has 0 bridgehead atoms. The molecule has 0 radical (unpaired) electrons. The van der Waals surface area contributed by atoms with Crippen molar-refractivity contribution in [3.63, 3.8) is 0 Å². The van der Waals surface area contributed by atoms with Crippen LogP contribution in [-0.2, 0) is 10.2 Å². The lowest BCUT2D eigenvalue weighted by Gasteiger charge is -2.16. The number of amides is 1. The Morgan fingerprint density at radius 3 is 2.68 bits per heavy atom. The van der Waals surface area contributed by atoms with Crippen molar-refractivity contribution in [1.82, 2.24) is 19.6 Å². The minimum atomic E-state index is -0.251. The molecule has 2 N–H and O–H groups in total. The summed E-state index contributed by atoms with van der Waals surface area (Å²) in [4.78, 5) is 31.7. The summed E-state index contributed by atoms with van der Waals surface area (Å²) in [6.07, 6.45) is 0.340. The Morgan fingerprint density at radius 1 is 1.42 bits per heavy atom. The summed E-state index contributed by atoms with van der Waals surface area (Å²) in [6.45, 7) is 7.65. The molecule has 0 spiro atoms. The van der Waals surface area contributed by atoms with E-state index < -0.39 is 0 Å². The minimum Gasteiger partial charge on any atom is -0.295 e. The Morgan fingerprint density at radius 2 is 2.11 bits per heavy atom. The molecule has 0 unspecified atom stereocenters. The van der Waals surface area contributed by atoms with Gasteiger partial charge in [-0.25, -0.2) is 4.98 Å². The molecule has 0 atom stereocenters. The lowest BCUT2D eigenvalue weighted by Crippen LogP contribution is -2.22. The third kappa shape index (κ3) is 2.64. The van der Waals surface area contributed by atoms with Gasteiger partial charge in [-0.3, -0.25) is 20.0 Å². The normalized spacial score (nSPS) is 11.8. The molecule has 0 aliphatic rings. The van der Waals surface area contributed by atoms with Crippen LogP contribution in [0.3, 0.4) is 0 Å². The van der Waals surface area contributed by atoms with Crippen molar-refractivity contribution in [2.45, 2.75) is 39.5 Å². The second-order valence-electron chi connectivity index (χ2n) is 5.34. The summed E-state index contributed by atoms with van der Waals surface area (Å²) >= 11 is 0. The highest BCUT2D eigenvalue weighted by atomic mass is 16.2. The maximum atomic E-state index is 12.0. The number of carbonyl (C=O) groups excluding carboxylic acids is 1. The van der Waals surface area contributed by atoms with Gasteiger partial charge in [0, 0.05) is 17.9 Å². The summed E-state index contributed by atoms with van der Waals surface area (Å²) in [5, 5.41) is 5.27. The quantitative estimate of drug-likeness (QED) is 0.847. The Balaban J connectivity index is 2.51. The van der Waals surface area contributed by atoms with Crippen LogP contribution in [0.15, 0.2) is 10.9 Å². The van der Waals surface area contributed by atoms with Crippen molar-refractivity contribution < 1.29 is 4.79 Å². The first kappa shape index (κ1) is 13.3. The topological polar surface area (TPSA) is 92.2 Å². The average Bonchev–Trinajstić information content (AvgIpc) is 2.70. The molecule has 0 saturated heterocycles. The Kier molecular flexibility index (Phi) is 3.13. The van der Waals surface area contributed by atoms with Crippen LogP contribution >= 0.6 is 0 Å².